The van der Waals surface area contributed by atoms with Gasteiger partial charge >= 0.3 is 6.18 Å². The maximum absolute atomic E-state index is 13.4. The average molecular weight is 278 g/mol. The summed E-state index contributed by atoms with van der Waals surface area (Å²) in [6.07, 6.45) is -4.71. The van der Waals surface area contributed by atoms with Gasteiger partial charge in [0.05, 0.1) is 0 Å². The Morgan fingerprint density at radius 2 is 1.81 bits per heavy atom. The number of alkyl halides is 3. The minimum atomic E-state index is -4.71. The smallest absolute Gasteiger partial charge is 0.316 e. The van der Waals surface area contributed by atoms with Gasteiger partial charge in [-0.05, 0) is 18.6 Å². The van der Waals surface area contributed by atoms with Crippen molar-refractivity contribution in [3.63, 3.8) is 0 Å². The van der Waals surface area contributed by atoms with E-state index in [4.69, 9.17) is 17.3 Å². The second-order valence-corrected chi connectivity index (χ2v) is 3.52. The van der Waals surface area contributed by atoms with Gasteiger partial charge < -0.3 is 5.73 Å². The first-order chi connectivity index (χ1) is 6.75. The molecule has 2 N–H and O–H groups in total. The Kier molecular flexibility index (Phi) is 5.04. The van der Waals surface area contributed by atoms with E-state index < -0.39 is 23.6 Å². The molecule has 0 aliphatic heterocycles. The Hall–Kier alpha value is -0.520. The summed E-state index contributed by atoms with van der Waals surface area (Å²) < 4.78 is 50.2. The van der Waals surface area contributed by atoms with Crippen LogP contribution in [0.3, 0.4) is 0 Å². The Bertz CT molecular complexity index is 379. The third kappa shape index (κ3) is 2.99. The predicted molar refractivity (Wildman–Crippen MR) is 56.4 cm³/mol. The minimum Gasteiger partial charge on any atom is -0.316 e. The first-order valence-corrected chi connectivity index (χ1v) is 4.39. The topological polar surface area (TPSA) is 26.0 Å². The molecule has 0 saturated carbocycles. The van der Waals surface area contributed by atoms with Crippen LogP contribution in [0.1, 0.15) is 17.2 Å². The monoisotopic (exact) mass is 277 g/mol. The van der Waals surface area contributed by atoms with Crippen LogP contribution in [0.4, 0.5) is 17.6 Å². The zero-order valence-corrected chi connectivity index (χ0v) is 9.68. The zero-order valence-electron chi connectivity index (χ0n) is 8.11. The van der Waals surface area contributed by atoms with Crippen molar-refractivity contribution in [2.75, 3.05) is 0 Å². The summed E-state index contributed by atoms with van der Waals surface area (Å²) in [5, 5.41) is -0.317. The highest BCUT2D eigenvalue weighted by Gasteiger charge is 2.40. The van der Waals surface area contributed by atoms with Crippen molar-refractivity contribution >= 4 is 24.0 Å². The molecule has 0 unspecified atom stereocenters. The van der Waals surface area contributed by atoms with Gasteiger partial charge in [-0.3, -0.25) is 0 Å². The fourth-order valence-electron chi connectivity index (χ4n) is 1.13. The van der Waals surface area contributed by atoms with Crippen molar-refractivity contribution < 1.29 is 17.6 Å². The standard InChI is InChI=1S/C9H8ClF4N.ClH/c1-4-2-3-5(10)6(7(4)11)8(15)9(12,13)14;/h2-3,8H,15H2,1H3;1H/t8-;/m1./s1. The van der Waals surface area contributed by atoms with Crippen LogP contribution in [-0.4, -0.2) is 6.18 Å². The number of hydrogen-bond acceptors (Lipinski definition) is 1. The molecule has 1 atom stereocenters. The molecule has 7 heteroatoms. The minimum absolute atomic E-state index is 0. The van der Waals surface area contributed by atoms with Crippen LogP contribution in [0.2, 0.25) is 5.02 Å². The summed E-state index contributed by atoms with van der Waals surface area (Å²) in [5.41, 5.74) is 4.27. The van der Waals surface area contributed by atoms with E-state index in [1.807, 2.05) is 0 Å². The first kappa shape index (κ1) is 15.5. The van der Waals surface area contributed by atoms with Crippen molar-refractivity contribution in [2.45, 2.75) is 19.1 Å². The van der Waals surface area contributed by atoms with E-state index in [9.17, 15) is 17.6 Å². The number of aryl methyl sites for hydroxylation is 1. The molecule has 0 amide bonds. The second-order valence-electron chi connectivity index (χ2n) is 3.11. The van der Waals surface area contributed by atoms with E-state index >= 15 is 0 Å². The van der Waals surface area contributed by atoms with Gasteiger partial charge in [0.25, 0.3) is 0 Å². The van der Waals surface area contributed by atoms with Crippen molar-refractivity contribution in [3.05, 3.63) is 34.1 Å². The van der Waals surface area contributed by atoms with E-state index in [1.54, 1.807) is 0 Å². The van der Waals surface area contributed by atoms with Crippen molar-refractivity contribution in [2.24, 2.45) is 5.73 Å². The van der Waals surface area contributed by atoms with Crippen LogP contribution in [0, 0.1) is 12.7 Å². The van der Waals surface area contributed by atoms with Crippen molar-refractivity contribution in [1.82, 2.24) is 0 Å². The molecule has 1 aromatic carbocycles. The largest absolute Gasteiger partial charge is 0.407 e. The van der Waals surface area contributed by atoms with E-state index in [0.717, 1.165) is 0 Å². The number of hydrogen-bond donors (Lipinski definition) is 1. The predicted octanol–water partition coefficient (Wildman–Crippen LogP) is 3.77. The number of rotatable bonds is 1. The molecule has 16 heavy (non-hydrogen) atoms. The normalized spacial score (nSPS) is 13.2. The Morgan fingerprint density at radius 1 is 1.31 bits per heavy atom. The SMILES string of the molecule is Cc1ccc(Cl)c([C@@H](N)C(F)(F)F)c1F.Cl. The van der Waals surface area contributed by atoms with Gasteiger partial charge in [0, 0.05) is 10.6 Å². The summed E-state index contributed by atoms with van der Waals surface area (Å²) in [7, 11) is 0. The Balaban J connectivity index is 0.00000225. The third-order valence-corrected chi connectivity index (χ3v) is 2.31. The second kappa shape index (κ2) is 5.21. The van der Waals surface area contributed by atoms with Crippen molar-refractivity contribution in [1.29, 1.82) is 0 Å². The zero-order chi connectivity index (χ0) is 11.8. The van der Waals surface area contributed by atoms with Gasteiger partial charge in [-0.25, -0.2) is 4.39 Å². The lowest BCUT2D eigenvalue weighted by atomic mass is 10.0. The molecular formula is C9H9Cl2F4N. The molecule has 1 rings (SSSR count). The van der Waals surface area contributed by atoms with Crippen LogP contribution >= 0.6 is 24.0 Å². The summed E-state index contributed by atoms with van der Waals surface area (Å²) in [4.78, 5) is 0. The highest BCUT2D eigenvalue weighted by atomic mass is 35.5. The molecule has 0 spiro atoms. The summed E-state index contributed by atoms with van der Waals surface area (Å²) in [5.74, 6) is -1.01. The fraction of sp³-hybridized carbons (Fsp3) is 0.333. The van der Waals surface area contributed by atoms with Crippen LogP contribution in [-0.2, 0) is 0 Å². The highest BCUT2D eigenvalue weighted by molar-refractivity contribution is 6.31. The molecule has 0 saturated heterocycles. The van der Waals surface area contributed by atoms with Gasteiger partial charge in [0.15, 0.2) is 0 Å². The molecule has 1 aromatic rings. The van der Waals surface area contributed by atoms with Crippen LogP contribution in [0.15, 0.2) is 12.1 Å². The highest BCUT2D eigenvalue weighted by Crippen LogP contribution is 2.36. The van der Waals surface area contributed by atoms with Gasteiger partial charge in [-0.15, -0.1) is 12.4 Å². The van der Waals surface area contributed by atoms with E-state index in [1.165, 1.54) is 19.1 Å². The lowest BCUT2D eigenvalue weighted by molar-refractivity contribution is -0.149. The molecule has 0 aromatic heterocycles. The maximum atomic E-state index is 13.4. The Labute approximate surface area is 101 Å². The molecule has 92 valence electrons. The van der Waals surface area contributed by atoms with Crippen LogP contribution in [0.5, 0.6) is 0 Å². The summed E-state index contributed by atoms with van der Waals surface area (Å²) >= 11 is 5.48. The fourth-order valence-corrected chi connectivity index (χ4v) is 1.39. The van der Waals surface area contributed by atoms with Crippen molar-refractivity contribution in [3.8, 4) is 0 Å². The lowest BCUT2D eigenvalue weighted by Crippen LogP contribution is -2.29. The van der Waals surface area contributed by atoms with Crippen LogP contribution in [0.25, 0.3) is 0 Å². The van der Waals surface area contributed by atoms with Gasteiger partial charge in [0.2, 0.25) is 0 Å². The number of halogens is 6. The summed E-state index contributed by atoms with van der Waals surface area (Å²) in [6, 6.07) is 0.0930. The van der Waals surface area contributed by atoms with E-state index in [0.29, 0.717) is 0 Å². The Morgan fingerprint density at radius 3 is 2.25 bits per heavy atom. The first-order valence-electron chi connectivity index (χ1n) is 4.02. The van der Waals surface area contributed by atoms with Gasteiger partial charge in [-0.1, -0.05) is 17.7 Å². The quantitative estimate of drug-likeness (QED) is 0.777. The molecular weight excluding hydrogens is 269 g/mol. The van der Waals surface area contributed by atoms with Crippen LogP contribution < -0.4 is 5.73 Å². The van der Waals surface area contributed by atoms with Gasteiger partial charge in [-0.2, -0.15) is 13.2 Å². The van der Waals surface area contributed by atoms with E-state index in [2.05, 4.69) is 0 Å². The molecule has 0 bridgehead atoms. The third-order valence-electron chi connectivity index (χ3n) is 1.98. The molecule has 0 heterocycles. The number of benzene rings is 1. The van der Waals surface area contributed by atoms with E-state index in [-0.39, 0.29) is 23.0 Å². The molecule has 0 aliphatic rings. The lowest BCUT2D eigenvalue weighted by Gasteiger charge is -2.18. The van der Waals surface area contributed by atoms with Gasteiger partial charge in [0.1, 0.15) is 11.9 Å². The average Bonchev–Trinajstić information content (AvgIpc) is 2.10. The molecule has 1 nitrogen and oxygen atoms in total. The number of nitrogens with two attached hydrogens (primary N) is 1. The summed E-state index contributed by atoms with van der Waals surface area (Å²) in [6.45, 7) is 1.35. The molecule has 0 fully saturated rings. The molecule has 0 aliphatic carbocycles. The molecule has 0 radical (unpaired) electrons. The maximum Gasteiger partial charge on any atom is 0.407 e.